The first-order chi connectivity index (χ1) is 14.2. The van der Waals surface area contributed by atoms with E-state index in [9.17, 15) is 0 Å². The van der Waals surface area contributed by atoms with Crippen LogP contribution in [0.4, 0.5) is 0 Å². The van der Waals surface area contributed by atoms with E-state index >= 15 is 0 Å². The molecule has 3 heteroatoms. The van der Waals surface area contributed by atoms with Crippen LogP contribution in [0.25, 0.3) is 10.9 Å². The number of likely N-dealkylation sites (tertiary alicyclic amines) is 1. The minimum Gasteiger partial charge on any atom is -0.357 e. The highest BCUT2D eigenvalue weighted by molar-refractivity contribution is 5.85. The van der Waals surface area contributed by atoms with E-state index in [1.807, 2.05) is 0 Å². The molecule has 1 fully saturated rings. The van der Waals surface area contributed by atoms with Crippen molar-refractivity contribution in [3.63, 3.8) is 0 Å². The van der Waals surface area contributed by atoms with Crippen LogP contribution in [0.2, 0.25) is 0 Å². The van der Waals surface area contributed by atoms with Gasteiger partial charge in [-0.2, -0.15) is 0 Å². The van der Waals surface area contributed by atoms with Crippen molar-refractivity contribution in [1.82, 2.24) is 14.8 Å². The molecule has 0 spiro atoms. The third-order valence-electron chi connectivity index (χ3n) is 6.84. The highest BCUT2D eigenvalue weighted by Crippen LogP contribution is 2.40. The highest BCUT2D eigenvalue weighted by Gasteiger charge is 2.36. The van der Waals surface area contributed by atoms with Crippen molar-refractivity contribution in [3.8, 4) is 0 Å². The summed E-state index contributed by atoms with van der Waals surface area (Å²) in [5.74, 6) is 0.757. The average Bonchev–Trinajstić information content (AvgIpc) is 3.12. The van der Waals surface area contributed by atoms with Crippen molar-refractivity contribution < 1.29 is 0 Å². The number of para-hydroxylation sites is 1. The Morgan fingerprint density at radius 3 is 2.41 bits per heavy atom. The molecule has 0 amide bonds. The van der Waals surface area contributed by atoms with Crippen molar-refractivity contribution in [2.45, 2.75) is 45.2 Å². The Balaban J connectivity index is 1.48. The Kier molecular flexibility index (Phi) is 5.19. The summed E-state index contributed by atoms with van der Waals surface area (Å²) >= 11 is 0. The predicted molar refractivity (Wildman–Crippen MR) is 121 cm³/mol. The first kappa shape index (κ1) is 18.9. The Hall–Kier alpha value is -2.10. The van der Waals surface area contributed by atoms with Gasteiger partial charge in [-0.25, -0.2) is 0 Å². The van der Waals surface area contributed by atoms with Crippen molar-refractivity contribution >= 4 is 10.9 Å². The molecule has 1 atom stereocenters. The van der Waals surface area contributed by atoms with Gasteiger partial charge < -0.3 is 9.88 Å². The van der Waals surface area contributed by atoms with Crippen LogP contribution < -0.4 is 0 Å². The Bertz CT molecular complexity index is 951. The number of piperidine rings is 1. The first-order valence-corrected chi connectivity index (χ1v) is 11.3. The second-order valence-electron chi connectivity index (χ2n) is 9.29. The summed E-state index contributed by atoms with van der Waals surface area (Å²) in [6.45, 7) is 9.53. The van der Waals surface area contributed by atoms with E-state index < -0.39 is 0 Å². The second kappa shape index (κ2) is 7.97. The molecular formula is C26H33N3. The van der Waals surface area contributed by atoms with Crippen molar-refractivity contribution in [2.24, 2.45) is 5.92 Å². The molecule has 1 N–H and O–H groups in total. The number of H-pyrrole nitrogens is 1. The molecule has 0 radical (unpaired) electrons. The third kappa shape index (κ3) is 3.62. The van der Waals surface area contributed by atoms with Crippen LogP contribution in [0.1, 0.15) is 49.6 Å². The topological polar surface area (TPSA) is 22.3 Å². The number of hydrogen-bond donors (Lipinski definition) is 1. The van der Waals surface area contributed by atoms with Crippen LogP contribution in [0.3, 0.4) is 0 Å². The van der Waals surface area contributed by atoms with Crippen LogP contribution in [-0.2, 0) is 6.42 Å². The predicted octanol–water partition coefficient (Wildman–Crippen LogP) is 5.24. The van der Waals surface area contributed by atoms with Gasteiger partial charge >= 0.3 is 0 Å². The van der Waals surface area contributed by atoms with E-state index in [1.54, 1.807) is 0 Å². The van der Waals surface area contributed by atoms with Gasteiger partial charge in [-0.3, -0.25) is 4.90 Å². The van der Waals surface area contributed by atoms with Crippen LogP contribution >= 0.6 is 0 Å². The maximum atomic E-state index is 3.82. The minimum atomic E-state index is 0.342. The van der Waals surface area contributed by atoms with Crippen LogP contribution in [-0.4, -0.2) is 47.0 Å². The fraction of sp³-hybridized carbons (Fsp3) is 0.462. The number of aromatic amines is 1. The number of nitrogens with one attached hydrogen (secondary N) is 1. The molecule has 3 heterocycles. The molecule has 0 saturated carbocycles. The van der Waals surface area contributed by atoms with Gasteiger partial charge in [0.25, 0.3) is 0 Å². The lowest BCUT2D eigenvalue weighted by molar-refractivity contribution is 0.0750. The van der Waals surface area contributed by atoms with E-state index in [0.717, 1.165) is 18.9 Å². The van der Waals surface area contributed by atoms with Gasteiger partial charge in [-0.15, -0.1) is 0 Å². The van der Waals surface area contributed by atoms with Crippen molar-refractivity contribution in [3.05, 3.63) is 71.4 Å². The smallest absolute Gasteiger partial charge is 0.0759 e. The summed E-state index contributed by atoms with van der Waals surface area (Å²) in [7, 11) is 0. The van der Waals surface area contributed by atoms with Crippen molar-refractivity contribution in [1.29, 1.82) is 0 Å². The zero-order chi connectivity index (χ0) is 19.8. The Morgan fingerprint density at radius 2 is 1.66 bits per heavy atom. The van der Waals surface area contributed by atoms with Crippen molar-refractivity contribution in [2.75, 3.05) is 26.2 Å². The maximum absolute atomic E-state index is 3.82. The molecule has 2 aliphatic heterocycles. The second-order valence-corrected chi connectivity index (χ2v) is 9.29. The highest BCUT2D eigenvalue weighted by atomic mass is 15.2. The van der Waals surface area contributed by atoms with Gasteiger partial charge in [0, 0.05) is 35.7 Å². The molecule has 3 aromatic rings. The van der Waals surface area contributed by atoms with Crippen LogP contribution in [0.5, 0.6) is 0 Å². The van der Waals surface area contributed by atoms with E-state index in [-0.39, 0.29) is 0 Å². The molecule has 3 nitrogen and oxygen atoms in total. The summed E-state index contributed by atoms with van der Waals surface area (Å²) < 4.78 is 0. The lowest BCUT2D eigenvalue weighted by atomic mass is 9.89. The Morgan fingerprint density at radius 1 is 0.931 bits per heavy atom. The molecule has 29 heavy (non-hydrogen) atoms. The summed E-state index contributed by atoms with van der Waals surface area (Å²) in [4.78, 5) is 9.29. The summed E-state index contributed by atoms with van der Waals surface area (Å²) in [6.07, 6.45) is 3.71. The number of benzene rings is 2. The quantitative estimate of drug-likeness (QED) is 0.662. The zero-order valence-electron chi connectivity index (χ0n) is 17.8. The zero-order valence-corrected chi connectivity index (χ0v) is 17.8. The number of rotatable bonds is 4. The lowest BCUT2D eigenvalue weighted by Crippen LogP contribution is -2.49. The van der Waals surface area contributed by atoms with E-state index in [4.69, 9.17) is 0 Å². The minimum absolute atomic E-state index is 0.342. The van der Waals surface area contributed by atoms with E-state index in [1.165, 1.54) is 60.2 Å². The van der Waals surface area contributed by atoms with Gasteiger partial charge in [0.05, 0.1) is 6.04 Å². The summed E-state index contributed by atoms with van der Waals surface area (Å²) in [5.41, 5.74) is 5.66. The largest absolute Gasteiger partial charge is 0.357 e. The molecule has 1 saturated heterocycles. The molecule has 152 valence electrons. The number of nitrogens with zero attached hydrogens (tertiary/aromatic N) is 2. The normalized spacial score (nSPS) is 21.7. The maximum Gasteiger partial charge on any atom is 0.0759 e. The molecule has 0 bridgehead atoms. The average molecular weight is 388 g/mol. The van der Waals surface area contributed by atoms with Gasteiger partial charge in [0.1, 0.15) is 0 Å². The van der Waals surface area contributed by atoms with Crippen LogP contribution in [0.15, 0.2) is 54.6 Å². The van der Waals surface area contributed by atoms with Gasteiger partial charge in [-0.1, -0.05) is 62.4 Å². The van der Waals surface area contributed by atoms with Crippen LogP contribution in [0, 0.1) is 5.92 Å². The molecule has 1 unspecified atom stereocenters. The van der Waals surface area contributed by atoms with E-state index in [2.05, 4.69) is 83.2 Å². The molecule has 5 rings (SSSR count). The fourth-order valence-electron chi connectivity index (χ4n) is 5.60. The van der Waals surface area contributed by atoms with E-state index in [0.29, 0.717) is 12.1 Å². The molecule has 2 aliphatic rings. The first-order valence-electron chi connectivity index (χ1n) is 11.3. The lowest BCUT2D eigenvalue weighted by Gasteiger charge is -2.45. The fourth-order valence-corrected chi connectivity index (χ4v) is 5.60. The summed E-state index contributed by atoms with van der Waals surface area (Å²) in [6, 6.07) is 21.0. The number of fused-ring (bicyclic) bond motifs is 3. The summed E-state index contributed by atoms with van der Waals surface area (Å²) in [5, 5.41) is 1.41. The monoisotopic (exact) mass is 387 g/mol. The number of hydrogen-bond acceptors (Lipinski definition) is 2. The van der Waals surface area contributed by atoms with Gasteiger partial charge in [0.15, 0.2) is 0 Å². The molecule has 1 aromatic heterocycles. The van der Waals surface area contributed by atoms with Gasteiger partial charge in [-0.05, 0) is 55.5 Å². The Labute approximate surface area is 174 Å². The molecule has 2 aromatic carbocycles. The SMILES string of the molecule is CC(C)CN1CCC(N2CCc3c([nH]c4ccccc34)C2c2ccccc2)CC1. The molecular weight excluding hydrogens is 354 g/mol. The third-order valence-corrected chi connectivity index (χ3v) is 6.84. The standard InChI is InChI=1S/C26H33N3/c1-19(2)18-28-15-12-21(13-16-28)29-17-14-23-22-10-6-7-11-24(22)27-25(23)26(29)20-8-4-3-5-9-20/h3-11,19,21,26-27H,12-18H2,1-2H3. The van der Waals surface area contributed by atoms with Gasteiger partial charge in [0.2, 0.25) is 0 Å². The number of aromatic nitrogens is 1. The molecule has 0 aliphatic carbocycles.